The summed E-state index contributed by atoms with van der Waals surface area (Å²) in [6.45, 7) is 5.37. The van der Waals surface area contributed by atoms with Crippen LogP contribution in [0.2, 0.25) is 0 Å². The molecule has 1 saturated heterocycles. The highest BCUT2D eigenvalue weighted by molar-refractivity contribution is 9.10. The summed E-state index contributed by atoms with van der Waals surface area (Å²) in [5.74, 6) is 0.468. The molecule has 0 bridgehead atoms. The molecule has 3 heterocycles. The zero-order chi connectivity index (χ0) is 16.4. The molecule has 1 aromatic heterocycles. The van der Waals surface area contributed by atoms with Crippen LogP contribution < -0.4 is 4.74 Å². The summed E-state index contributed by atoms with van der Waals surface area (Å²) >= 11 is 3.42. The standard InChI is InChI=1S/C14H19BrN4O4/c1-2-22-14(21)18-7-5-17(6-8-18)12(20)11-10(15)13-19(16-11)4-3-9-23-13/h2-9H2,1H3. The number of aryl methyl sites for hydroxylation is 1. The lowest BCUT2D eigenvalue weighted by molar-refractivity contribution is 0.0564. The maximum absolute atomic E-state index is 12.7. The largest absolute Gasteiger partial charge is 0.477 e. The van der Waals surface area contributed by atoms with E-state index in [9.17, 15) is 9.59 Å². The number of rotatable bonds is 2. The first-order valence-corrected chi connectivity index (χ1v) is 8.51. The molecule has 0 N–H and O–H groups in total. The third kappa shape index (κ3) is 3.15. The van der Waals surface area contributed by atoms with Crippen LogP contribution in [-0.2, 0) is 11.3 Å². The topological polar surface area (TPSA) is 76.9 Å². The number of amides is 2. The molecule has 23 heavy (non-hydrogen) atoms. The van der Waals surface area contributed by atoms with Gasteiger partial charge in [0.15, 0.2) is 5.69 Å². The number of aromatic nitrogens is 2. The number of piperazine rings is 1. The van der Waals surface area contributed by atoms with Crippen molar-refractivity contribution < 1.29 is 19.1 Å². The molecule has 0 aliphatic carbocycles. The Labute approximate surface area is 142 Å². The molecule has 126 valence electrons. The summed E-state index contributed by atoms with van der Waals surface area (Å²) in [5.41, 5.74) is 0.367. The number of ether oxygens (including phenoxy) is 2. The van der Waals surface area contributed by atoms with Gasteiger partial charge in [-0.15, -0.1) is 0 Å². The number of halogens is 1. The fourth-order valence-corrected chi connectivity index (χ4v) is 3.26. The Morgan fingerprint density at radius 2 is 1.91 bits per heavy atom. The van der Waals surface area contributed by atoms with Gasteiger partial charge in [0.1, 0.15) is 4.47 Å². The molecular weight excluding hydrogens is 368 g/mol. The van der Waals surface area contributed by atoms with Crippen molar-refractivity contribution in [3.63, 3.8) is 0 Å². The number of nitrogens with zero attached hydrogens (tertiary/aromatic N) is 4. The SMILES string of the molecule is CCOC(=O)N1CCN(C(=O)c2nn3c(c2Br)OCCC3)CC1. The maximum Gasteiger partial charge on any atom is 0.409 e. The van der Waals surface area contributed by atoms with Gasteiger partial charge in [-0.05, 0) is 22.9 Å². The van der Waals surface area contributed by atoms with E-state index in [1.54, 1.807) is 21.4 Å². The monoisotopic (exact) mass is 386 g/mol. The van der Waals surface area contributed by atoms with Gasteiger partial charge in [0, 0.05) is 39.1 Å². The first-order chi connectivity index (χ1) is 11.1. The minimum absolute atomic E-state index is 0.147. The third-order valence-electron chi connectivity index (χ3n) is 3.90. The zero-order valence-electron chi connectivity index (χ0n) is 13.0. The molecule has 2 aliphatic rings. The maximum atomic E-state index is 12.7. The van der Waals surface area contributed by atoms with Crippen LogP contribution in [0.1, 0.15) is 23.8 Å². The highest BCUT2D eigenvalue weighted by atomic mass is 79.9. The molecule has 0 saturated carbocycles. The number of hydrogen-bond donors (Lipinski definition) is 0. The van der Waals surface area contributed by atoms with Gasteiger partial charge in [0.05, 0.1) is 13.2 Å². The van der Waals surface area contributed by atoms with Gasteiger partial charge in [-0.2, -0.15) is 5.10 Å². The Balaban J connectivity index is 1.66. The number of hydrogen-bond acceptors (Lipinski definition) is 5. The zero-order valence-corrected chi connectivity index (χ0v) is 14.5. The fourth-order valence-electron chi connectivity index (χ4n) is 2.69. The van der Waals surface area contributed by atoms with Gasteiger partial charge in [0.2, 0.25) is 5.88 Å². The molecule has 1 aromatic rings. The molecule has 9 heteroatoms. The summed E-state index contributed by atoms with van der Waals surface area (Å²) in [7, 11) is 0. The molecule has 0 spiro atoms. The van der Waals surface area contributed by atoms with Crippen LogP contribution in [0.5, 0.6) is 5.88 Å². The number of carbonyl (C=O) groups is 2. The Bertz CT molecular complexity index is 610. The van der Waals surface area contributed by atoms with Crippen molar-refractivity contribution >= 4 is 27.9 Å². The van der Waals surface area contributed by atoms with Crippen molar-refractivity contribution in [3.05, 3.63) is 10.2 Å². The van der Waals surface area contributed by atoms with E-state index in [4.69, 9.17) is 9.47 Å². The van der Waals surface area contributed by atoms with E-state index in [1.165, 1.54) is 0 Å². The van der Waals surface area contributed by atoms with Gasteiger partial charge in [-0.1, -0.05) is 0 Å². The predicted octanol–water partition coefficient (Wildman–Crippen LogP) is 1.34. The van der Waals surface area contributed by atoms with Crippen LogP contribution in [0.15, 0.2) is 4.47 Å². The van der Waals surface area contributed by atoms with Gasteiger partial charge in [-0.25, -0.2) is 9.48 Å². The molecule has 0 atom stereocenters. The second-order valence-electron chi connectivity index (χ2n) is 5.37. The van der Waals surface area contributed by atoms with Crippen LogP contribution >= 0.6 is 15.9 Å². The van der Waals surface area contributed by atoms with Crippen LogP contribution in [0.4, 0.5) is 4.79 Å². The third-order valence-corrected chi connectivity index (χ3v) is 4.61. The van der Waals surface area contributed by atoms with Crippen molar-refractivity contribution in [1.29, 1.82) is 0 Å². The van der Waals surface area contributed by atoms with Gasteiger partial charge < -0.3 is 19.3 Å². The van der Waals surface area contributed by atoms with E-state index < -0.39 is 0 Å². The van der Waals surface area contributed by atoms with E-state index in [1.807, 2.05) is 0 Å². The van der Waals surface area contributed by atoms with Gasteiger partial charge in [0.25, 0.3) is 5.91 Å². The number of fused-ring (bicyclic) bond motifs is 1. The van der Waals surface area contributed by atoms with Crippen LogP contribution in [-0.4, -0.2) is 71.0 Å². The van der Waals surface area contributed by atoms with E-state index in [2.05, 4.69) is 21.0 Å². The molecule has 0 unspecified atom stereocenters. The number of carbonyl (C=O) groups excluding carboxylic acids is 2. The lowest BCUT2D eigenvalue weighted by Crippen LogP contribution is -2.50. The second kappa shape index (κ2) is 6.77. The summed E-state index contributed by atoms with van der Waals surface area (Å²) in [6.07, 6.45) is 0.555. The molecule has 8 nitrogen and oxygen atoms in total. The Hall–Kier alpha value is -1.77. The lowest BCUT2D eigenvalue weighted by Gasteiger charge is -2.33. The van der Waals surface area contributed by atoms with Crippen molar-refractivity contribution in [2.24, 2.45) is 0 Å². The Kier molecular flexibility index (Phi) is 4.74. The summed E-state index contributed by atoms with van der Waals surface area (Å²) in [5, 5.41) is 4.36. The highest BCUT2D eigenvalue weighted by Gasteiger charge is 2.30. The first kappa shape index (κ1) is 16.1. The minimum atomic E-state index is -0.327. The van der Waals surface area contributed by atoms with E-state index in [0.29, 0.717) is 55.4 Å². The van der Waals surface area contributed by atoms with E-state index in [-0.39, 0.29) is 12.0 Å². The lowest BCUT2D eigenvalue weighted by atomic mass is 10.3. The van der Waals surface area contributed by atoms with Crippen molar-refractivity contribution in [2.45, 2.75) is 19.9 Å². The minimum Gasteiger partial charge on any atom is -0.477 e. The summed E-state index contributed by atoms with van der Waals surface area (Å²) < 4.78 is 12.9. The van der Waals surface area contributed by atoms with Gasteiger partial charge in [-0.3, -0.25) is 4.79 Å². The molecular formula is C14H19BrN4O4. The quantitative estimate of drug-likeness (QED) is 0.766. The average Bonchev–Trinajstić information content (AvgIpc) is 2.92. The molecule has 1 fully saturated rings. The molecule has 3 rings (SSSR count). The average molecular weight is 387 g/mol. The smallest absolute Gasteiger partial charge is 0.409 e. The molecule has 2 amide bonds. The van der Waals surface area contributed by atoms with Crippen molar-refractivity contribution in [1.82, 2.24) is 19.6 Å². The van der Waals surface area contributed by atoms with Crippen molar-refractivity contribution in [3.8, 4) is 5.88 Å². The van der Waals surface area contributed by atoms with E-state index in [0.717, 1.165) is 13.0 Å². The fraction of sp³-hybridized carbons (Fsp3) is 0.643. The van der Waals surface area contributed by atoms with Crippen molar-refractivity contribution in [2.75, 3.05) is 39.4 Å². The Morgan fingerprint density at radius 3 is 2.57 bits per heavy atom. The van der Waals surface area contributed by atoms with E-state index >= 15 is 0 Å². The second-order valence-corrected chi connectivity index (χ2v) is 6.16. The van der Waals surface area contributed by atoms with Crippen LogP contribution in [0, 0.1) is 0 Å². The molecule has 2 aliphatic heterocycles. The summed E-state index contributed by atoms with van der Waals surface area (Å²) in [6, 6.07) is 0. The first-order valence-electron chi connectivity index (χ1n) is 7.72. The van der Waals surface area contributed by atoms with Crippen LogP contribution in [0.3, 0.4) is 0 Å². The molecule has 0 aromatic carbocycles. The highest BCUT2D eigenvalue weighted by Crippen LogP contribution is 2.32. The summed E-state index contributed by atoms with van der Waals surface area (Å²) in [4.78, 5) is 27.7. The van der Waals surface area contributed by atoms with Gasteiger partial charge >= 0.3 is 6.09 Å². The molecule has 0 radical (unpaired) electrons. The predicted molar refractivity (Wildman–Crippen MR) is 84.5 cm³/mol. The normalized spacial score (nSPS) is 17.5. The van der Waals surface area contributed by atoms with Crippen LogP contribution in [0.25, 0.3) is 0 Å². The Morgan fingerprint density at radius 1 is 1.22 bits per heavy atom.